The molecular weight excluding hydrogens is 331 g/mol. The first kappa shape index (κ1) is 16.7. The van der Waals surface area contributed by atoms with E-state index >= 15 is 0 Å². The van der Waals surface area contributed by atoms with Crippen molar-refractivity contribution < 1.29 is 9.18 Å². The quantitative estimate of drug-likeness (QED) is 0.721. The molecule has 3 heterocycles. The normalized spacial score (nSPS) is 17.4. The second-order valence-corrected chi connectivity index (χ2v) is 7.04. The Kier molecular flexibility index (Phi) is 4.18. The van der Waals surface area contributed by atoms with Gasteiger partial charge < -0.3 is 9.47 Å². The fourth-order valence-corrected chi connectivity index (χ4v) is 3.72. The standard InChI is InChI=1S/C20H21FN4O/c1-13(2)25-18-11-22-9-7-17(18)23-19(25)15-8-10-24(12-15)20(26)14-3-5-16(21)6-4-14/h3-7,9,11,13,15H,8,10,12H2,1-2H3/t15-/m1/s1. The molecule has 5 nitrogen and oxygen atoms in total. The summed E-state index contributed by atoms with van der Waals surface area (Å²) in [4.78, 5) is 23.6. The number of amides is 1. The molecule has 0 radical (unpaired) electrons. The lowest BCUT2D eigenvalue weighted by Crippen LogP contribution is -2.28. The molecule has 1 fully saturated rings. The molecule has 0 bridgehead atoms. The minimum Gasteiger partial charge on any atom is -0.338 e. The minimum atomic E-state index is -0.333. The molecule has 1 aliphatic heterocycles. The molecule has 1 amide bonds. The first-order valence-electron chi connectivity index (χ1n) is 8.91. The number of carbonyl (C=O) groups excluding carboxylic acids is 1. The molecule has 2 aromatic heterocycles. The Bertz CT molecular complexity index is 948. The second-order valence-electron chi connectivity index (χ2n) is 7.04. The average Bonchev–Trinajstić information content (AvgIpc) is 3.26. The third-order valence-corrected chi connectivity index (χ3v) is 4.97. The number of pyridine rings is 1. The Morgan fingerprint density at radius 3 is 2.73 bits per heavy atom. The van der Waals surface area contributed by atoms with Gasteiger partial charge in [-0.3, -0.25) is 9.78 Å². The molecule has 4 rings (SSSR count). The Balaban J connectivity index is 1.61. The lowest BCUT2D eigenvalue weighted by atomic mass is 10.1. The maximum absolute atomic E-state index is 13.1. The van der Waals surface area contributed by atoms with E-state index < -0.39 is 0 Å². The lowest BCUT2D eigenvalue weighted by molar-refractivity contribution is 0.0790. The van der Waals surface area contributed by atoms with Crippen molar-refractivity contribution in [3.8, 4) is 0 Å². The largest absolute Gasteiger partial charge is 0.338 e. The molecule has 134 valence electrons. The van der Waals surface area contributed by atoms with Crippen LogP contribution in [0.4, 0.5) is 4.39 Å². The highest BCUT2D eigenvalue weighted by atomic mass is 19.1. The van der Waals surface area contributed by atoms with Crippen molar-refractivity contribution in [1.29, 1.82) is 0 Å². The lowest BCUT2D eigenvalue weighted by Gasteiger charge is -2.19. The highest BCUT2D eigenvalue weighted by Crippen LogP contribution is 2.32. The monoisotopic (exact) mass is 352 g/mol. The maximum Gasteiger partial charge on any atom is 0.253 e. The van der Waals surface area contributed by atoms with E-state index in [0.29, 0.717) is 18.7 Å². The number of halogens is 1. The number of hydrogen-bond donors (Lipinski definition) is 0. The molecule has 1 atom stereocenters. The molecule has 0 saturated carbocycles. The average molecular weight is 352 g/mol. The van der Waals surface area contributed by atoms with E-state index in [1.807, 2.05) is 17.2 Å². The maximum atomic E-state index is 13.1. The van der Waals surface area contributed by atoms with E-state index in [0.717, 1.165) is 23.3 Å². The smallest absolute Gasteiger partial charge is 0.253 e. The van der Waals surface area contributed by atoms with Crippen LogP contribution in [-0.4, -0.2) is 38.4 Å². The molecule has 0 unspecified atom stereocenters. The van der Waals surface area contributed by atoms with Crippen LogP contribution >= 0.6 is 0 Å². The van der Waals surface area contributed by atoms with Gasteiger partial charge in [0.05, 0.1) is 17.2 Å². The molecule has 3 aromatic rings. The first-order valence-corrected chi connectivity index (χ1v) is 8.91. The Labute approximate surface area is 151 Å². The van der Waals surface area contributed by atoms with Gasteiger partial charge in [0.2, 0.25) is 0 Å². The molecule has 1 aliphatic rings. The number of rotatable bonds is 3. The van der Waals surface area contributed by atoms with Gasteiger partial charge in [0.15, 0.2) is 0 Å². The molecular formula is C20H21FN4O. The van der Waals surface area contributed by atoms with Crippen LogP contribution in [0.5, 0.6) is 0 Å². The van der Waals surface area contributed by atoms with Gasteiger partial charge in [0.25, 0.3) is 5.91 Å². The third kappa shape index (κ3) is 2.85. The number of hydrogen-bond acceptors (Lipinski definition) is 3. The molecule has 26 heavy (non-hydrogen) atoms. The molecule has 6 heteroatoms. The molecule has 1 saturated heterocycles. The zero-order chi connectivity index (χ0) is 18.3. The van der Waals surface area contributed by atoms with Gasteiger partial charge in [-0.25, -0.2) is 9.37 Å². The number of carbonyl (C=O) groups is 1. The number of aromatic nitrogens is 3. The zero-order valence-corrected chi connectivity index (χ0v) is 14.9. The van der Waals surface area contributed by atoms with Gasteiger partial charge in [-0.05, 0) is 50.6 Å². The van der Waals surface area contributed by atoms with E-state index in [1.165, 1.54) is 12.1 Å². The fourth-order valence-electron chi connectivity index (χ4n) is 3.72. The summed E-state index contributed by atoms with van der Waals surface area (Å²) >= 11 is 0. The SMILES string of the molecule is CC(C)n1c([C@@H]2CCN(C(=O)c3ccc(F)cc3)C2)nc2ccncc21. The van der Waals surface area contributed by atoms with Crippen molar-refractivity contribution in [3.63, 3.8) is 0 Å². The van der Waals surface area contributed by atoms with E-state index in [9.17, 15) is 9.18 Å². The summed E-state index contributed by atoms with van der Waals surface area (Å²) in [6.45, 7) is 5.57. The van der Waals surface area contributed by atoms with Crippen molar-refractivity contribution >= 4 is 16.9 Å². The van der Waals surface area contributed by atoms with Gasteiger partial charge in [0, 0.05) is 36.8 Å². The summed E-state index contributed by atoms with van der Waals surface area (Å²) in [5.74, 6) is 0.813. The number of likely N-dealkylation sites (tertiary alicyclic amines) is 1. The van der Waals surface area contributed by atoms with E-state index in [1.54, 1.807) is 18.3 Å². The Morgan fingerprint density at radius 2 is 2.00 bits per heavy atom. The topological polar surface area (TPSA) is 51.0 Å². The second kappa shape index (κ2) is 6.52. The fraction of sp³-hybridized carbons (Fsp3) is 0.350. The zero-order valence-electron chi connectivity index (χ0n) is 14.9. The van der Waals surface area contributed by atoms with Crippen LogP contribution in [0, 0.1) is 5.82 Å². The number of benzene rings is 1. The van der Waals surface area contributed by atoms with Gasteiger partial charge >= 0.3 is 0 Å². The molecule has 0 spiro atoms. The van der Waals surface area contributed by atoms with Crippen molar-refractivity contribution in [2.45, 2.75) is 32.2 Å². The summed E-state index contributed by atoms with van der Waals surface area (Å²) in [6, 6.07) is 7.92. The predicted octanol–water partition coefficient (Wildman–Crippen LogP) is 3.78. The van der Waals surface area contributed by atoms with Crippen molar-refractivity contribution in [1.82, 2.24) is 19.4 Å². The van der Waals surface area contributed by atoms with Crippen LogP contribution in [0.25, 0.3) is 11.0 Å². The summed E-state index contributed by atoms with van der Waals surface area (Å²) in [6.07, 6.45) is 4.47. The van der Waals surface area contributed by atoms with E-state index in [-0.39, 0.29) is 23.7 Å². The van der Waals surface area contributed by atoms with Gasteiger partial charge in [-0.1, -0.05) is 0 Å². The Hall–Kier alpha value is -2.76. The molecule has 1 aromatic carbocycles. The summed E-state index contributed by atoms with van der Waals surface area (Å²) in [5, 5.41) is 0. The summed E-state index contributed by atoms with van der Waals surface area (Å²) in [7, 11) is 0. The highest BCUT2D eigenvalue weighted by molar-refractivity contribution is 5.94. The van der Waals surface area contributed by atoms with Crippen LogP contribution in [-0.2, 0) is 0 Å². The van der Waals surface area contributed by atoms with E-state index in [4.69, 9.17) is 4.98 Å². The number of imidazole rings is 1. The highest BCUT2D eigenvalue weighted by Gasteiger charge is 2.31. The molecule has 0 aliphatic carbocycles. The minimum absolute atomic E-state index is 0.0543. The van der Waals surface area contributed by atoms with Gasteiger partial charge in [-0.15, -0.1) is 0 Å². The van der Waals surface area contributed by atoms with Crippen LogP contribution in [0.2, 0.25) is 0 Å². The summed E-state index contributed by atoms with van der Waals surface area (Å²) < 4.78 is 15.3. The number of nitrogens with zero attached hydrogens (tertiary/aromatic N) is 4. The van der Waals surface area contributed by atoms with Gasteiger partial charge in [-0.2, -0.15) is 0 Å². The van der Waals surface area contributed by atoms with Crippen molar-refractivity contribution in [2.75, 3.05) is 13.1 Å². The van der Waals surface area contributed by atoms with Gasteiger partial charge in [0.1, 0.15) is 11.6 Å². The summed E-state index contributed by atoms with van der Waals surface area (Å²) in [5.41, 5.74) is 2.49. The van der Waals surface area contributed by atoms with E-state index in [2.05, 4.69) is 23.4 Å². The number of fused-ring (bicyclic) bond motifs is 1. The van der Waals surface area contributed by atoms with Crippen LogP contribution < -0.4 is 0 Å². The van der Waals surface area contributed by atoms with Crippen LogP contribution in [0.1, 0.15) is 48.4 Å². The molecule has 0 N–H and O–H groups in total. The first-order chi connectivity index (χ1) is 12.5. The van der Waals surface area contributed by atoms with Crippen molar-refractivity contribution in [2.24, 2.45) is 0 Å². The van der Waals surface area contributed by atoms with Crippen LogP contribution in [0.3, 0.4) is 0 Å². The third-order valence-electron chi connectivity index (χ3n) is 4.97. The van der Waals surface area contributed by atoms with Crippen LogP contribution in [0.15, 0.2) is 42.7 Å². The Morgan fingerprint density at radius 1 is 1.23 bits per heavy atom. The van der Waals surface area contributed by atoms with Crippen molar-refractivity contribution in [3.05, 3.63) is 59.9 Å². The predicted molar refractivity (Wildman–Crippen MR) is 97.6 cm³/mol.